The van der Waals surface area contributed by atoms with E-state index < -0.39 is 0 Å². The minimum Gasteiger partial charge on any atom is -0.491 e. The van der Waals surface area contributed by atoms with Gasteiger partial charge in [-0.05, 0) is 25.0 Å². The van der Waals surface area contributed by atoms with Gasteiger partial charge < -0.3 is 26.0 Å². The Morgan fingerprint density at radius 1 is 1.37 bits per heavy atom. The fraction of sp³-hybridized carbons (Fsp3) is 0.381. The van der Waals surface area contributed by atoms with Crippen molar-refractivity contribution in [3.8, 4) is 5.75 Å². The van der Waals surface area contributed by atoms with Crippen molar-refractivity contribution < 1.29 is 9.53 Å². The zero-order valence-electron chi connectivity index (χ0n) is 16.8. The van der Waals surface area contributed by atoms with Crippen LogP contribution >= 0.6 is 11.3 Å². The van der Waals surface area contributed by atoms with Gasteiger partial charge >= 0.3 is 0 Å². The van der Waals surface area contributed by atoms with E-state index in [0.717, 1.165) is 49.6 Å². The van der Waals surface area contributed by atoms with Crippen molar-refractivity contribution >= 4 is 39.0 Å². The average Bonchev–Trinajstić information content (AvgIpc) is 3.09. The molecule has 0 aliphatic carbocycles. The van der Waals surface area contributed by atoms with E-state index in [9.17, 15) is 4.79 Å². The van der Waals surface area contributed by atoms with Gasteiger partial charge in [-0.3, -0.25) is 4.79 Å². The number of benzene rings is 1. The standard InChI is InChI=1S/C21H24N6O2S/c1-12-10-24-18-17(22)19(30-21(18)25-12)20(28)26-14-8-13-2-3-15(9-16(13)29-11-14)27-6-4-23-5-7-27/h2-3,9-10,14,23H,4-8,11,22H2,1H3,(H,26,28)/t14-/m0/s1. The van der Waals surface area contributed by atoms with Crippen LogP contribution in [0.5, 0.6) is 5.75 Å². The Hall–Kier alpha value is -2.91. The molecule has 1 fully saturated rings. The number of nitrogens with zero attached hydrogens (tertiary/aromatic N) is 3. The number of aryl methyl sites for hydroxylation is 1. The van der Waals surface area contributed by atoms with E-state index in [1.54, 1.807) is 6.20 Å². The molecular weight excluding hydrogens is 400 g/mol. The predicted molar refractivity (Wildman–Crippen MR) is 119 cm³/mol. The first kappa shape index (κ1) is 19.1. The smallest absolute Gasteiger partial charge is 0.263 e. The molecule has 9 heteroatoms. The third kappa shape index (κ3) is 3.54. The molecule has 156 valence electrons. The summed E-state index contributed by atoms with van der Waals surface area (Å²) in [6.45, 7) is 6.29. The topological polar surface area (TPSA) is 105 Å². The molecule has 4 heterocycles. The zero-order chi connectivity index (χ0) is 20.7. The molecule has 5 rings (SSSR count). The van der Waals surface area contributed by atoms with E-state index in [-0.39, 0.29) is 11.9 Å². The molecule has 2 aromatic heterocycles. The van der Waals surface area contributed by atoms with Crippen LogP contribution in [0.1, 0.15) is 20.9 Å². The maximum atomic E-state index is 12.9. The number of aromatic nitrogens is 2. The summed E-state index contributed by atoms with van der Waals surface area (Å²) in [4.78, 5) is 25.1. The molecule has 4 N–H and O–H groups in total. The molecule has 0 spiro atoms. The molecule has 0 unspecified atom stereocenters. The normalized spacial score (nSPS) is 18.7. The van der Waals surface area contributed by atoms with Crippen molar-refractivity contribution in [2.75, 3.05) is 43.4 Å². The van der Waals surface area contributed by atoms with Crippen molar-refractivity contribution in [3.05, 3.63) is 40.5 Å². The Balaban J connectivity index is 1.29. The Kier molecular flexibility index (Phi) is 4.92. The lowest BCUT2D eigenvalue weighted by atomic mass is 10.0. The molecule has 0 saturated carbocycles. The molecular formula is C21H24N6O2S. The number of thiophene rings is 1. The van der Waals surface area contributed by atoms with Crippen LogP contribution in [-0.2, 0) is 6.42 Å². The fourth-order valence-electron chi connectivity index (χ4n) is 3.96. The Morgan fingerprint density at radius 3 is 3.03 bits per heavy atom. The van der Waals surface area contributed by atoms with Crippen LogP contribution in [0.3, 0.4) is 0 Å². The highest BCUT2D eigenvalue weighted by atomic mass is 32.1. The molecule has 1 atom stereocenters. The van der Waals surface area contributed by atoms with Crippen LogP contribution in [0.15, 0.2) is 24.4 Å². The summed E-state index contributed by atoms with van der Waals surface area (Å²) in [5.74, 6) is 0.700. The lowest BCUT2D eigenvalue weighted by Gasteiger charge is -2.31. The SMILES string of the molecule is Cc1cnc2c(N)c(C(=O)N[C@@H]3COc4cc(N5CCNCC5)ccc4C3)sc2n1. The number of carbonyl (C=O) groups excluding carboxylic acids is 1. The predicted octanol–water partition coefficient (Wildman–Crippen LogP) is 1.73. The number of carbonyl (C=O) groups is 1. The summed E-state index contributed by atoms with van der Waals surface area (Å²) in [5.41, 5.74) is 10.2. The number of fused-ring (bicyclic) bond motifs is 2. The number of nitrogen functional groups attached to an aromatic ring is 1. The molecule has 0 radical (unpaired) electrons. The fourth-order valence-corrected chi connectivity index (χ4v) is 4.96. The van der Waals surface area contributed by atoms with Crippen molar-refractivity contribution in [3.63, 3.8) is 0 Å². The number of rotatable bonds is 3. The molecule has 30 heavy (non-hydrogen) atoms. The van der Waals surface area contributed by atoms with E-state index in [1.165, 1.54) is 17.0 Å². The summed E-state index contributed by atoms with van der Waals surface area (Å²) in [7, 11) is 0. The molecule has 1 saturated heterocycles. The Bertz CT molecular complexity index is 1110. The van der Waals surface area contributed by atoms with Crippen LogP contribution in [-0.4, -0.2) is 54.7 Å². The van der Waals surface area contributed by atoms with Crippen LogP contribution in [0.4, 0.5) is 11.4 Å². The monoisotopic (exact) mass is 424 g/mol. The van der Waals surface area contributed by atoms with Crippen LogP contribution < -0.4 is 26.0 Å². The average molecular weight is 425 g/mol. The first-order chi connectivity index (χ1) is 14.6. The van der Waals surface area contributed by atoms with E-state index in [0.29, 0.717) is 27.5 Å². The summed E-state index contributed by atoms with van der Waals surface area (Å²) < 4.78 is 6.00. The second kappa shape index (κ2) is 7.73. The van der Waals surface area contributed by atoms with E-state index in [4.69, 9.17) is 10.5 Å². The first-order valence-electron chi connectivity index (χ1n) is 10.1. The van der Waals surface area contributed by atoms with Gasteiger partial charge in [0.25, 0.3) is 5.91 Å². The van der Waals surface area contributed by atoms with Crippen LogP contribution in [0, 0.1) is 6.92 Å². The number of ether oxygens (including phenoxy) is 1. The van der Waals surface area contributed by atoms with Gasteiger partial charge in [-0.25, -0.2) is 9.97 Å². The summed E-state index contributed by atoms with van der Waals surface area (Å²) in [6, 6.07) is 6.25. The lowest BCUT2D eigenvalue weighted by molar-refractivity contribution is 0.0920. The molecule has 1 aromatic carbocycles. The molecule has 1 amide bonds. The van der Waals surface area contributed by atoms with Gasteiger partial charge in [0.05, 0.1) is 17.4 Å². The number of piperazine rings is 1. The maximum absolute atomic E-state index is 12.9. The largest absolute Gasteiger partial charge is 0.491 e. The summed E-state index contributed by atoms with van der Waals surface area (Å²) >= 11 is 1.28. The van der Waals surface area contributed by atoms with Gasteiger partial charge in [0.15, 0.2) is 0 Å². The third-order valence-corrected chi connectivity index (χ3v) is 6.63. The van der Waals surface area contributed by atoms with Gasteiger partial charge in [-0.15, -0.1) is 11.3 Å². The Morgan fingerprint density at radius 2 is 2.20 bits per heavy atom. The van der Waals surface area contributed by atoms with Gasteiger partial charge in [0.1, 0.15) is 27.6 Å². The molecule has 0 bridgehead atoms. The van der Waals surface area contributed by atoms with Crippen molar-refractivity contribution in [2.24, 2.45) is 0 Å². The van der Waals surface area contributed by atoms with E-state index in [1.807, 2.05) is 6.92 Å². The number of hydrogen-bond acceptors (Lipinski definition) is 8. The van der Waals surface area contributed by atoms with Crippen LogP contribution in [0.2, 0.25) is 0 Å². The van der Waals surface area contributed by atoms with E-state index in [2.05, 4.69) is 43.7 Å². The maximum Gasteiger partial charge on any atom is 0.263 e. The highest BCUT2D eigenvalue weighted by Gasteiger charge is 2.25. The second-order valence-corrected chi connectivity index (χ2v) is 8.72. The zero-order valence-corrected chi connectivity index (χ0v) is 17.6. The molecule has 3 aromatic rings. The minimum absolute atomic E-state index is 0.109. The van der Waals surface area contributed by atoms with Gasteiger partial charge in [-0.2, -0.15) is 0 Å². The van der Waals surface area contributed by atoms with Crippen molar-refractivity contribution in [2.45, 2.75) is 19.4 Å². The van der Waals surface area contributed by atoms with E-state index >= 15 is 0 Å². The highest BCUT2D eigenvalue weighted by molar-refractivity contribution is 7.21. The summed E-state index contributed by atoms with van der Waals surface area (Å²) in [6.07, 6.45) is 2.39. The van der Waals surface area contributed by atoms with Gasteiger partial charge in [0, 0.05) is 44.1 Å². The van der Waals surface area contributed by atoms with Crippen LogP contribution in [0.25, 0.3) is 10.3 Å². The molecule has 2 aliphatic heterocycles. The second-order valence-electron chi connectivity index (χ2n) is 7.72. The lowest BCUT2D eigenvalue weighted by Crippen LogP contribution is -2.44. The Labute approximate surface area is 178 Å². The number of nitrogens with two attached hydrogens (primary N) is 1. The number of amides is 1. The molecule has 2 aliphatic rings. The third-order valence-electron chi connectivity index (χ3n) is 5.54. The number of hydrogen-bond donors (Lipinski definition) is 3. The molecule has 8 nitrogen and oxygen atoms in total. The number of nitrogens with one attached hydrogen (secondary N) is 2. The van der Waals surface area contributed by atoms with Crippen molar-refractivity contribution in [1.29, 1.82) is 0 Å². The number of anilines is 2. The van der Waals surface area contributed by atoms with Gasteiger partial charge in [-0.1, -0.05) is 6.07 Å². The van der Waals surface area contributed by atoms with Crippen molar-refractivity contribution in [1.82, 2.24) is 20.6 Å². The summed E-state index contributed by atoms with van der Waals surface area (Å²) in [5, 5.41) is 6.43. The highest BCUT2D eigenvalue weighted by Crippen LogP contribution is 2.32. The minimum atomic E-state index is -0.204. The first-order valence-corrected chi connectivity index (χ1v) is 10.9. The van der Waals surface area contributed by atoms with Gasteiger partial charge in [0.2, 0.25) is 0 Å². The quantitative estimate of drug-likeness (QED) is 0.588.